The zero-order valence-electron chi connectivity index (χ0n) is 6.07. The van der Waals surface area contributed by atoms with Gasteiger partial charge in [0.2, 0.25) is 0 Å². The van der Waals surface area contributed by atoms with Crippen molar-refractivity contribution >= 4 is 22.7 Å². The normalized spacial score (nSPS) is 10.3. The Labute approximate surface area is 73.4 Å². The number of rotatable bonds is 1. The molecule has 0 atom stereocenters. The molecule has 3 heteroatoms. The minimum absolute atomic E-state index is 1.13. The smallest absolute Gasteiger partial charge is 0.124 e. The highest BCUT2D eigenvalue weighted by Crippen LogP contribution is 2.27. The van der Waals surface area contributed by atoms with Crippen LogP contribution in [-0.4, -0.2) is 4.98 Å². The van der Waals surface area contributed by atoms with Crippen LogP contribution in [0.2, 0.25) is 0 Å². The molecule has 0 spiro atoms. The second kappa shape index (κ2) is 2.75. The third-order valence-electron chi connectivity index (χ3n) is 1.52. The molecule has 0 bridgehead atoms. The van der Waals surface area contributed by atoms with E-state index < -0.39 is 0 Å². The summed E-state index contributed by atoms with van der Waals surface area (Å²) in [6.07, 6.45) is 1.84. The minimum atomic E-state index is 1.13. The lowest BCUT2D eigenvalue weighted by molar-refractivity contribution is 1.40. The van der Waals surface area contributed by atoms with Crippen LogP contribution in [0.25, 0.3) is 10.6 Å². The highest BCUT2D eigenvalue weighted by molar-refractivity contribution is 7.14. The van der Waals surface area contributed by atoms with Gasteiger partial charge in [-0.15, -0.1) is 11.3 Å². The summed E-state index contributed by atoms with van der Waals surface area (Å²) < 4.78 is 0. The summed E-state index contributed by atoms with van der Waals surface area (Å²) in [4.78, 5) is 4.24. The number of aromatic nitrogens is 1. The summed E-state index contributed by atoms with van der Waals surface area (Å²) >= 11 is 3.42. The molecule has 2 aromatic rings. The van der Waals surface area contributed by atoms with Crippen LogP contribution in [0.15, 0.2) is 22.3 Å². The van der Waals surface area contributed by atoms with Crippen molar-refractivity contribution in [3.8, 4) is 10.6 Å². The van der Waals surface area contributed by atoms with E-state index in [2.05, 4.69) is 22.7 Å². The molecule has 0 unspecified atom stereocenters. The van der Waals surface area contributed by atoms with Crippen molar-refractivity contribution in [2.24, 2.45) is 0 Å². The van der Waals surface area contributed by atoms with E-state index in [-0.39, 0.29) is 0 Å². The lowest BCUT2D eigenvalue weighted by Crippen LogP contribution is -1.72. The first-order valence-corrected chi connectivity index (χ1v) is 5.13. The van der Waals surface area contributed by atoms with Gasteiger partial charge in [0.25, 0.3) is 0 Å². The highest BCUT2D eigenvalue weighted by Gasteiger charge is 2.03. The molecular weight excluding hydrogens is 174 g/mol. The van der Waals surface area contributed by atoms with E-state index in [9.17, 15) is 0 Å². The highest BCUT2D eigenvalue weighted by atomic mass is 32.1. The molecule has 11 heavy (non-hydrogen) atoms. The Morgan fingerprint density at radius 2 is 2.27 bits per heavy atom. The molecule has 1 nitrogen and oxygen atoms in total. The van der Waals surface area contributed by atoms with Gasteiger partial charge in [0, 0.05) is 22.5 Å². The summed E-state index contributed by atoms with van der Waals surface area (Å²) in [5, 5.41) is 7.43. The van der Waals surface area contributed by atoms with E-state index in [0.29, 0.717) is 0 Å². The molecule has 0 aliphatic heterocycles. The van der Waals surface area contributed by atoms with Crippen molar-refractivity contribution in [2.75, 3.05) is 0 Å². The number of nitrogens with zero attached hydrogens (tertiary/aromatic N) is 1. The Hall–Kier alpha value is -0.670. The van der Waals surface area contributed by atoms with E-state index in [4.69, 9.17) is 0 Å². The average Bonchev–Trinajstić information content (AvgIpc) is 2.55. The SMILES string of the molecule is Cc1cscc1-c1nccs1. The van der Waals surface area contributed by atoms with Crippen molar-refractivity contribution in [2.45, 2.75) is 6.92 Å². The second-order valence-corrected chi connectivity index (χ2v) is 3.94. The number of hydrogen-bond acceptors (Lipinski definition) is 3. The van der Waals surface area contributed by atoms with Gasteiger partial charge in [0.1, 0.15) is 5.01 Å². The van der Waals surface area contributed by atoms with Crippen LogP contribution in [0.3, 0.4) is 0 Å². The lowest BCUT2D eigenvalue weighted by Gasteiger charge is -1.90. The van der Waals surface area contributed by atoms with Gasteiger partial charge < -0.3 is 0 Å². The van der Waals surface area contributed by atoms with Crippen molar-refractivity contribution in [3.05, 3.63) is 27.9 Å². The molecule has 56 valence electrons. The summed E-state index contributed by atoms with van der Waals surface area (Å²) in [7, 11) is 0. The number of hydrogen-bond donors (Lipinski definition) is 0. The van der Waals surface area contributed by atoms with Gasteiger partial charge in [-0.1, -0.05) is 0 Å². The molecule has 0 aliphatic rings. The van der Waals surface area contributed by atoms with Gasteiger partial charge in [-0.05, 0) is 17.9 Å². The van der Waals surface area contributed by atoms with E-state index in [1.54, 1.807) is 22.7 Å². The standard InChI is InChI=1S/C8H7NS2/c1-6-4-10-5-7(6)8-9-2-3-11-8/h2-5H,1H3. The van der Waals surface area contributed by atoms with E-state index >= 15 is 0 Å². The molecule has 0 saturated carbocycles. The van der Waals surface area contributed by atoms with Crippen molar-refractivity contribution in [3.63, 3.8) is 0 Å². The molecule has 0 fully saturated rings. The van der Waals surface area contributed by atoms with Gasteiger partial charge in [-0.25, -0.2) is 4.98 Å². The van der Waals surface area contributed by atoms with Gasteiger partial charge >= 0.3 is 0 Å². The number of thiophene rings is 1. The fourth-order valence-electron chi connectivity index (χ4n) is 0.936. The summed E-state index contributed by atoms with van der Waals surface area (Å²) in [6, 6.07) is 0. The quantitative estimate of drug-likeness (QED) is 0.658. The summed E-state index contributed by atoms with van der Waals surface area (Å²) in [6.45, 7) is 2.12. The Morgan fingerprint density at radius 1 is 1.36 bits per heavy atom. The Bertz CT molecular complexity index is 335. The Kier molecular flexibility index (Phi) is 1.75. The zero-order valence-corrected chi connectivity index (χ0v) is 7.71. The molecule has 2 heterocycles. The molecule has 2 aromatic heterocycles. The monoisotopic (exact) mass is 181 g/mol. The van der Waals surface area contributed by atoms with E-state index in [1.165, 1.54) is 11.1 Å². The first-order valence-electron chi connectivity index (χ1n) is 3.30. The molecule has 0 radical (unpaired) electrons. The minimum Gasteiger partial charge on any atom is -0.245 e. The molecule has 0 N–H and O–H groups in total. The first kappa shape index (κ1) is 7.00. The third-order valence-corrected chi connectivity index (χ3v) is 3.19. The fraction of sp³-hybridized carbons (Fsp3) is 0.125. The van der Waals surface area contributed by atoms with E-state index in [1.807, 2.05) is 11.6 Å². The maximum absolute atomic E-state index is 4.24. The van der Waals surface area contributed by atoms with Crippen LogP contribution in [-0.2, 0) is 0 Å². The largest absolute Gasteiger partial charge is 0.245 e. The maximum atomic E-state index is 4.24. The lowest BCUT2D eigenvalue weighted by atomic mass is 10.2. The van der Waals surface area contributed by atoms with Gasteiger partial charge in [-0.2, -0.15) is 11.3 Å². The maximum Gasteiger partial charge on any atom is 0.124 e. The molecule has 2 rings (SSSR count). The van der Waals surface area contributed by atoms with Crippen molar-refractivity contribution in [1.82, 2.24) is 4.98 Å². The molecule has 0 saturated heterocycles. The molecule has 0 aliphatic carbocycles. The van der Waals surface area contributed by atoms with Crippen molar-refractivity contribution < 1.29 is 0 Å². The Morgan fingerprint density at radius 3 is 2.82 bits per heavy atom. The summed E-state index contributed by atoms with van der Waals surface area (Å²) in [5.41, 5.74) is 2.61. The van der Waals surface area contributed by atoms with Crippen LogP contribution in [0.1, 0.15) is 5.56 Å². The predicted molar refractivity (Wildman–Crippen MR) is 50.2 cm³/mol. The van der Waals surface area contributed by atoms with Crippen LogP contribution in [0.5, 0.6) is 0 Å². The second-order valence-electron chi connectivity index (χ2n) is 2.31. The third kappa shape index (κ3) is 1.21. The topological polar surface area (TPSA) is 12.9 Å². The van der Waals surface area contributed by atoms with Crippen LogP contribution in [0.4, 0.5) is 0 Å². The van der Waals surface area contributed by atoms with E-state index in [0.717, 1.165) is 5.01 Å². The van der Waals surface area contributed by atoms with Gasteiger partial charge in [0.15, 0.2) is 0 Å². The molecule has 0 amide bonds. The van der Waals surface area contributed by atoms with Crippen LogP contribution in [0, 0.1) is 6.92 Å². The molecule has 0 aromatic carbocycles. The first-order chi connectivity index (χ1) is 5.38. The summed E-state index contributed by atoms with van der Waals surface area (Å²) in [5.74, 6) is 0. The molecular formula is C8H7NS2. The zero-order chi connectivity index (χ0) is 7.68. The predicted octanol–water partition coefficient (Wildman–Crippen LogP) is 3.18. The fourth-order valence-corrected chi connectivity index (χ4v) is 2.56. The van der Waals surface area contributed by atoms with Crippen LogP contribution >= 0.6 is 22.7 Å². The number of aryl methyl sites for hydroxylation is 1. The average molecular weight is 181 g/mol. The van der Waals surface area contributed by atoms with Crippen molar-refractivity contribution in [1.29, 1.82) is 0 Å². The van der Waals surface area contributed by atoms with Gasteiger partial charge in [-0.3, -0.25) is 0 Å². The Balaban J connectivity index is 2.53. The number of thiazole rings is 1. The van der Waals surface area contributed by atoms with Gasteiger partial charge in [0.05, 0.1) is 0 Å². The van der Waals surface area contributed by atoms with Crippen LogP contribution < -0.4 is 0 Å².